The van der Waals surface area contributed by atoms with Crippen molar-refractivity contribution in [3.8, 4) is 0 Å². The van der Waals surface area contributed by atoms with Gasteiger partial charge in [0, 0.05) is 13.5 Å². The van der Waals surface area contributed by atoms with Crippen molar-refractivity contribution < 1.29 is 24.8 Å². The maximum atomic E-state index is 9.20. The monoisotopic (exact) mass is 178 g/mol. The standard InChI is InChI=1S/C7H14O5/c1-11-3-4-2-5(8)6(9)7(10)12-4/h4-10H,2-3H2,1H3. The molecule has 3 N–H and O–H groups in total. The third-order valence-electron chi connectivity index (χ3n) is 1.88. The Kier molecular flexibility index (Phi) is 3.42. The third kappa shape index (κ3) is 2.15. The van der Waals surface area contributed by atoms with Gasteiger partial charge in [-0.15, -0.1) is 0 Å². The van der Waals surface area contributed by atoms with E-state index in [9.17, 15) is 5.11 Å². The highest BCUT2D eigenvalue weighted by atomic mass is 16.6. The van der Waals surface area contributed by atoms with Gasteiger partial charge < -0.3 is 24.8 Å². The number of aliphatic hydroxyl groups is 3. The molecule has 0 aromatic heterocycles. The average Bonchev–Trinajstić information content (AvgIpc) is 2.01. The molecule has 1 rings (SSSR count). The van der Waals surface area contributed by atoms with E-state index in [-0.39, 0.29) is 12.5 Å². The normalized spacial score (nSPS) is 43.0. The summed E-state index contributed by atoms with van der Waals surface area (Å²) in [6, 6.07) is 0. The fraction of sp³-hybridized carbons (Fsp3) is 1.00. The van der Waals surface area contributed by atoms with E-state index < -0.39 is 18.5 Å². The quantitative estimate of drug-likeness (QED) is 0.477. The maximum absolute atomic E-state index is 9.20. The van der Waals surface area contributed by atoms with Gasteiger partial charge in [0.1, 0.15) is 6.10 Å². The summed E-state index contributed by atoms with van der Waals surface area (Å²) in [5.74, 6) is 0. The highest BCUT2D eigenvalue weighted by Crippen LogP contribution is 2.18. The third-order valence-corrected chi connectivity index (χ3v) is 1.88. The molecule has 1 aliphatic heterocycles. The van der Waals surface area contributed by atoms with Crippen molar-refractivity contribution in [1.82, 2.24) is 0 Å². The van der Waals surface area contributed by atoms with E-state index in [1.165, 1.54) is 7.11 Å². The molecule has 0 aromatic carbocycles. The Morgan fingerprint density at radius 2 is 2.08 bits per heavy atom. The van der Waals surface area contributed by atoms with Crippen LogP contribution in [0.15, 0.2) is 0 Å². The molecule has 1 heterocycles. The smallest absolute Gasteiger partial charge is 0.183 e. The molecule has 0 saturated carbocycles. The Morgan fingerprint density at radius 3 is 2.58 bits per heavy atom. The molecule has 4 unspecified atom stereocenters. The van der Waals surface area contributed by atoms with Gasteiger partial charge in [0.25, 0.3) is 0 Å². The maximum Gasteiger partial charge on any atom is 0.183 e. The molecule has 5 nitrogen and oxygen atoms in total. The molecule has 0 bridgehead atoms. The van der Waals surface area contributed by atoms with Crippen molar-refractivity contribution in [2.75, 3.05) is 13.7 Å². The number of methoxy groups -OCH3 is 1. The van der Waals surface area contributed by atoms with Crippen LogP contribution in [0.2, 0.25) is 0 Å². The van der Waals surface area contributed by atoms with Crippen molar-refractivity contribution in [3.05, 3.63) is 0 Å². The molecule has 1 aliphatic rings. The van der Waals surface area contributed by atoms with Crippen LogP contribution in [0.4, 0.5) is 0 Å². The molecule has 12 heavy (non-hydrogen) atoms. The van der Waals surface area contributed by atoms with Gasteiger partial charge in [-0.3, -0.25) is 0 Å². The predicted molar refractivity (Wildman–Crippen MR) is 39.4 cm³/mol. The van der Waals surface area contributed by atoms with E-state index in [0.717, 1.165) is 0 Å². The molecule has 72 valence electrons. The first-order chi connectivity index (χ1) is 5.65. The molecular weight excluding hydrogens is 164 g/mol. The van der Waals surface area contributed by atoms with E-state index in [4.69, 9.17) is 19.7 Å². The second-order valence-electron chi connectivity index (χ2n) is 2.90. The summed E-state index contributed by atoms with van der Waals surface area (Å²) in [5.41, 5.74) is 0. The number of hydrogen-bond donors (Lipinski definition) is 3. The SMILES string of the molecule is COCC1CC(O)C(O)C(O)O1. The van der Waals surface area contributed by atoms with Gasteiger partial charge in [-0.1, -0.05) is 0 Å². The van der Waals surface area contributed by atoms with Crippen LogP contribution < -0.4 is 0 Å². The first-order valence-corrected chi connectivity index (χ1v) is 3.83. The van der Waals surface area contributed by atoms with Crippen LogP contribution in [-0.2, 0) is 9.47 Å². The minimum atomic E-state index is -1.31. The van der Waals surface area contributed by atoms with Gasteiger partial charge in [0.15, 0.2) is 6.29 Å². The molecule has 5 heteroatoms. The van der Waals surface area contributed by atoms with Gasteiger partial charge in [0.05, 0.1) is 18.8 Å². The van der Waals surface area contributed by atoms with Crippen LogP contribution in [0.25, 0.3) is 0 Å². The van der Waals surface area contributed by atoms with Crippen LogP contribution in [0.1, 0.15) is 6.42 Å². The summed E-state index contributed by atoms with van der Waals surface area (Å²) in [5, 5.41) is 27.3. The Balaban J connectivity index is 2.42. The largest absolute Gasteiger partial charge is 0.390 e. The van der Waals surface area contributed by atoms with E-state index in [1.807, 2.05) is 0 Å². The second kappa shape index (κ2) is 4.15. The van der Waals surface area contributed by atoms with Crippen LogP contribution >= 0.6 is 0 Å². The summed E-state index contributed by atoms with van der Waals surface area (Å²) in [4.78, 5) is 0. The summed E-state index contributed by atoms with van der Waals surface area (Å²) < 4.78 is 9.71. The Labute approximate surface area is 70.5 Å². The van der Waals surface area contributed by atoms with Crippen LogP contribution in [0, 0.1) is 0 Å². The number of rotatable bonds is 2. The highest BCUT2D eigenvalue weighted by Gasteiger charge is 2.35. The van der Waals surface area contributed by atoms with Gasteiger partial charge in [-0.05, 0) is 0 Å². The molecule has 0 aromatic rings. The Morgan fingerprint density at radius 1 is 1.42 bits per heavy atom. The van der Waals surface area contributed by atoms with Gasteiger partial charge in [0.2, 0.25) is 0 Å². The summed E-state index contributed by atoms with van der Waals surface area (Å²) in [7, 11) is 1.51. The second-order valence-corrected chi connectivity index (χ2v) is 2.90. The van der Waals surface area contributed by atoms with E-state index in [1.54, 1.807) is 0 Å². The summed E-state index contributed by atoms with van der Waals surface area (Å²) in [6.45, 7) is 0.306. The fourth-order valence-corrected chi connectivity index (χ4v) is 1.23. The molecular formula is C7H14O5. The zero-order valence-corrected chi connectivity index (χ0v) is 6.88. The van der Waals surface area contributed by atoms with Gasteiger partial charge in [-0.25, -0.2) is 0 Å². The molecule has 4 atom stereocenters. The van der Waals surface area contributed by atoms with E-state index >= 15 is 0 Å². The number of aliphatic hydroxyl groups excluding tert-OH is 3. The Hall–Kier alpha value is -0.200. The molecule has 0 amide bonds. The van der Waals surface area contributed by atoms with Crippen LogP contribution in [-0.4, -0.2) is 53.6 Å². The van der Waals surface area contributed by atoms with Crippen molar-refractivity contribution in [2.45, 2.75) is 31.0 Å². The molecule has 1 fully saturated rings. The van der Waals surface area contributed by atoms with Crippen molar-refractivity contribution in [2.24, 2.45) is 0 Å². The zero-order valence-electron chi connectivity index (χ0n) is 6.88. The first kappa shape index (κ1) is 9.88. The lowest BCUT2D eigenvalue weighted by Crippen LogP contribution is -2.49. The lowest BCUT2D eigenvalue weighted by Gasteiger charge is -2.33. The Bertz CT molecular complexity index is 128. The van der Waals surface area contributed by atoms with Crippen LogP contribution in [0.3, 0.4) is 0 Å². The molecule has 0 spiro atoms. The van der Waals surface area contributed by atoms with Crippen molar-refractivity contribution >= 4 is 0 Å². The lowest BCUT2D eigenvalue weighted by molar-refractivity contribution is -0.253. The number of ether oxygens (including phenoxy) is 2. The lowest BCUT2D eigenvalue weighted by atomic mass is 10.0. The van der Waals surface area contributed by atoms with Crippen molar-refractivity contribution in [1.29, 1.82) is 0 Å². The molecule has 0 aliphatic carbocycles. The van der Waals surface area contributed by atoms with Gasteiger partial charge in [-0.2, -0.15) is 0 Å². The summed E-state index contributed by atoms with van der Waals surface area (Å²) in [6.07, 6.45) is -3.52. The topological polar surface area (TPSA) is 79.2 Å². The van der Waals surface area contributed by atoms with E-state index in [2.05, 4.69) is 0 Å². The highest BCUT2D eigenvalue weighted by molar-refractivity contribution is 4.79. The van der Waals surface area contributed by atoms with Crippen LogP contribution in [0.5, 0.6) is 0 Å². The first-order valence-electron chi connectivity index (χ1n) is 3.83. The van der Waals surface area contributed by atoms with Crippen molar-refractivity contribution in [3.63, 3.8) is 0 Å². The zero-order chi connectivity index (χ0) is 9.14. The van der Waals surface area contributed by atoms with E-state index in [0.29, 0.717) is 6.61 Å². The fourth-order valence-electron chi connectivity index (χ4n) is 1.23. The molecule has 0 radical (unpaired) electrons. The van der Waals surface area contributed by atoms with Gasteiger partial charge >= 0.3 is 0 Å². The number of hydrogen-bond acceptors (Lipinski definition) is 5. The minimum absolute atomic E-state index is 0.284. The minimum Gasteiger partial charge on any atom is -0.390 e. The summed E-state index contributed by atoms with van der Waals surface area (Å²) >= 11 is 0. The molecule has 1 saturated heterocycles. The predicted octanol–water partition coefficient (Wildman–Crippen LogP) is -1.54. The average molecular weight is 178 g/mol.